The number of rotatable bonds is 5. The van der Waals surface area contributed by atoms with E-state index < -0.39 is 17.6 Å². The number of carboxylic acids is 1. The van der Waals surface area contributed by atoms with Crippen LogP contribution in [0.4, 0.5) is 8.78 Å². The standard InChI is InChI=1S/C18H19F2N3O2/c1-21-18-12-5-3-7-14(12)23(10-16(24)25)15(22-18)9-8-11-4-2-6-13(19)17(11)20/h2,4,6H,3,5,7-10H2,1H3,(H,24,25). The van der Waals surface area contributed by atoms with Crippen LogP contribution in [0, 0.1) is 11.6 Å². The van der Waals surface area contributed by atoms with Crippen LogP contribution in [0.1, 0.15) is 29.1 Å². The number of hydrogen-bond donors (Lipinski definition) is 1. The van der Waals surface area contributed by atoms with Crippen molar-refractivity contribution in [3.63, 3.8) is 0 Å². The molecule has 1 aliphatic rings. The SMILES string of the molecule is CN=c1nc(CCc2cccc(F)c2F)n(CC(=O)O)c2c1CCC2. The molecular formula is C18H19F2N3O2. The zero-order chi connectivity index (χ0) is 18.0. The third-order valence-corrected chi connectivity index (χ3v) is 4.49. The van der Waals surface area contributed by atoms with Crippen molar-refractivity contribution in [1.82, 2.24) is 9.55 Å². The normalized spacial score (nSPS) is 14.0. The Morgan fingerprint density at radius 3 is 2.84 bits per heavy atom. The van der Waals surface area contributed by atoms with E-state index in [-0.39, 0.29) is 18.5 Å². The highest BCUT2D eigenvalue weighted by molar-refractivity contribution is 5.66. The van der Waals surface area contributed by atoms with Crippen LogP contribution in [0.5, 0.6) is 0 Å². The van der Waals surface area contributed by atoms with Crippen LogP contribution in [0.2, 0.25) is 0 Å². The number of nitrogens with zero attached hydrogens (tertiary/aromatic N) is 3. The summed E-state index contributed by atoms with van der Waals surface area (Å²) in [6.07, 6.45) is 3.07. The van der Waals surface area contributed by atoms with E-state index >= 15 is 0 Å². The molecule has 1 aromatic carbocycles. The molecule has 0 amide bonds. The smallest absolute Gasteiger partial charge is 0.323 e. The number of fused-ring (bicyclic) bond motifs is 1. The zero-order valence-electron chi connectivity index (χ0n) is 13.9. The van der Waals surface area contributed by atoms with Gasteiger partial charge >= 0.3 is 5.97 Å². The van der Waals surface area contributed by atoms with Crippen molar-refractivity contribution in [2.75, 3.05) is 7.05 Å². The molecule has 0 saturated heterocycles. The van der Waals surface area contributed by atoms with Gasteiger partial charge in [0.1, 0.15) is 12.4 Å². The van der Waals surface area contributed by atoms with Crippen molar-refractivity contribution in [3.05, 3.63) is 58.0 Å². The Kier molecular flexibility index (Phi) is 4.92. The average molecular weight is 347 g/mol. The molecule has 0 atom stereocenters. The van der Waals surface area contributed by atoms with E-state index in [4.69, 9.17) is 0 Å². The highest BCUT2D eigenvalue weighted by atomic mass is 19.2. The fourth-order valence-electron chi connectivity index (χ4n) is 3.36. The van der Waals surface area contributed by atoms with Crippen molar-refractivity contribution in [2.24, 2.45) is 4.99 Å². The summed E-state index contributed by atoms with van der Waals surface area (Å²) >= 11 is 0. The van der Waals surface area contributed by atoms with Crippen molar-refractivity contribution < 1.29 is 18.7 Å². The predicted octanol–water partition coefficient (Wildman–Crippen LogP) is 2.05. The summed E-state index contributed by atoms with van der Waals surface area (Å²) in [5.74, 6) is -2.18. The van der Waals surface area contributed by atoms with Gasteiger partial charge in [0.05, 0.1) is 0 Å². The molecule has 0 bridgehead atoms. The third-order valence-electron chi connectivity index (χ3n) is 4.49. The van der Waals surface area contributed by atoms with Gasteiger partial charge in [-0.25, -0.2) is 13.8 Å². The number of aliphatic carboxylic acids is 1. The summed E-state index contributed by atoms with van der Waals surface area (Å²) in [6.45, 7) is -0.194. The van der Waals surface area contributed by atoms with E-state index in [0.717, 1.165) is 36.6 Å². The molecule has 0 fully saturated rings. The van der Waals surface area contributed by atoms with Gasteiger partial charge in [0, 0.05) is 24.7 Å². The van der Waals surface area contributed by atoms with E-state index in [1.807, 2.05) is 0 Å². The van der Waals surface area contributed by atoms with E-state index in [1.54, 1.807) is 11.6 Å². The topological polar surface area (TPSA) is 67.5 Å². The first kappa shape index (κ1) is 17.3. The van der Waals surface area contributed by atoms with Gasteiger partial charge in [0.25, 0.3) is 0 Å². The Morgan fingerprint density at radius 1 is 1.32 bits per heavy atom. The molecule has 0 aliphatic heterocycles. The van der Waals surface area contributed by atoms with Gasteiger partial charge in [-0.05, 0) is 37.3 Å². The second kappa shape index (κ2) is 7.13. The van der Waals surface area contributed by atoms with E-state index in [0.29, 0.717) is 17.7 Å². The van der Waals surface area contributed by atoms with Gasteiger partial charge in [-0.1, -0.05) is 12.1 Å². The fraction of sp³-hybridized carbons (Fsp3) is 0.389. The lowest BCUT2D eigenvalue weighted by atomic mass is 10.1. The van der Waals surface area contributed by atoms with Crippen LogP contribution in [-0.4, -0.2) is 27.7 Å². The molecule has 2 aromatic rings. The minimum atomic E-state index is -0.958. The molecule has 1 N–H and O–H groups in total. The lowest BCUT2D eigenvalue weighted by Gasteiger charge is -2.17. The Balaban J connectivity index is 2.00. The quantitative estimate of drug-likeness (QED) is 0.900. The Labute approximate surface area is 143 Å². The maximum Gasteiger partial charge on any atom is 0.323 e. The Hall–Kier alpha value is -2.57. The molecule has 5 nitrogen and oxygen atoms in total. The molecule has 1 aromatic heterocycles. The molecule has 0 radical (unpaired) electrons. The second-order valence-corrected chi connectivity index (χ2v) is 6.05. The molecular weight excluding hydrogens is 328 g/mol. The van der Waals surface area contributed by atoms with Crippen LogP contribution in [0.15, 0.2) is 23.2 Å². The first-order valence-electron chi connectivity index (χ1n) is 8.20. The lowest BCUT2D eigenvalue weighted by molar-refractivity contribution is -0.137. The molecule has 132 valence electrons. The first-order chi connectivity index (χ1) is 12.0. The summed E-state index contributed by atoms with van der Waals surface area (Å²) in [4.78, 5) is 20.0. The molecule has 1 heterocycles. The van der Waals surface area contributed by atoms with Crippen LogP contribution >= 0.6 is 0 Å². The monoisotopic (exact) mass is 347 g/mol. The average Bonchev–Trinajstić information content (AvgIpc) is 3.07. The van der Waals surface area contributed by atoms with Gasteiger partial charge in [0.15, 0.2) is 17.1 Å². The second-order valence-electron chi connectivity index (χ2n) is 6.05. The van der Waals surface area contributed by atoms with E-state index in [2.05, 4.69) is 9.98 Å². The molecule has 1 aliphatic carbocycles. The summed E-state index contributed by atoms with van der Waals surface area (Å²) in [5, 5.41) is 9.23. The number of carbonyl (C=O) groups is 1. The van der Waals surface area contributed by atoms with Gasteiger partial charge in [0.2, 0.25) is 0 Å². The summed E-state index contributed by atoms with van der Waals surface area (Å²) in [5.41, 5.74) is 2.79. The maximum atomic E-state index is 13.9. The van der Waals surface area contributed by atoms with Crippen molar-refractivity contribution >= 4 is 5.97 Å². The molecule has 0 spiro atoms. The van der Waals surface area contributed by atoms with Gasteiger partial charge < -0.3 is 9.67 Å². The molecule has 0 unspecified atom stereocenters. The van der Waals surface area contributed by atoms with Crippen LogP contribution < -0.4 is 5.49 Å². The number of benzene rings is 1. The number of hydrogen-bond acceptors (Lipinski definition) is 3. The lowest BCUT2D eigenvalue weighted by Crippen LogP contribution is -2.27. The first-order valence-corrected chi connectivity index (χ1v) is 8.20. The van der Waals surface area contributed by atoms with Gasteiger partial charge in [-0.15, -0.1) is 0 Å². The summed E-state index contributed by atoms with van der Waals surface area (Å²) in [6, 6.07) is 4.06. The zero-order valence-corrected chi connectivity index (χ0v) is 13.9. The van der Waals surface area contributed by atoms with E-state index in [9.17, 15) is 18.7 Å². The molecule has 25 heavy (non-hydrogen) atoms. The number of aromatic nitrogens is 2. The van der Waals surface area contributed by atoms with Crippen molar-refractivity contribution in [2.45, 2.75) is 38.6 Å². The van der Waals surface area contributed by atoms with Gasteiger partial charge in [-0.3, -0.25) is 9.79 Å². The van der Waals surface area contributed by atoms with Crippen LogP contribution in [0.3, 0.4) is 0 Å². The number of halogens is 2. The largest absolute Gasteiger partial charge is 0.480 e. The minimum Gasteiger partial charge on any atom is -0.480 e. The molecule has 7 heteroatoms. The fourth-order valence-corrected chi connectivity index (χ4v) is 3.36. The van der Waals surface area contributed by atoms with Gasteiger partial charge in [-0.2, -0.15) is 0 Å². The molecule has 3 rings (SSSR count). The van der Waals surface area contributed by atoms with Crippen LogP contribution in [0.25, 0.3) is 0 Å². The number of carboxylic acid groups (broad SMARTS) is 1. The molecule has 0 saturated carbocycles. The number of aryl methyl sites for hydroxylation is 2. The highest BCUT2D eigenvalue weighted by Crippen LogP contribution is 2.21. The summed E-state index contributed by atoms with van der Waals surface area (Å²) < 4.78 is 28.9. The van der Waals surface area contributed by atoms with Crippen molar-refractivity contribution in [3.8, 4) is 0 Å². The van der Waals surface area contributed by atoms with Crippen LogP contribution in [-0.2, 0) is 37.0 Å². The predicted molar refractivity (Wildman–Crippen MR) is 87.1 cm³/mol. The summed E-state index contributed by atoms with van der Waals surface area (Å²) in [7, 11) is 1.65. The highest BCUT2D eigenvalue weighted by Gasteiger charge is 2.21. The maximum absolute atomic E-state index is 13.9. The minimum absolute atomic E-state index is 0.194. The van der Waals surface area contributed by atoms with Crippen molar-refractivity contribution in [1.29, 1.82) is 0 Å². The Bertz CT molecular complexity index is 891. The Morgan fingerprint density at radius 2 is 2.12 bits per heavy atom. The third kappa shape index (κ3) is 3.45. The van der Waals surface area contributed by atoms with E-state index in [1.165, 1.54) is 12.1 Å².